The summed E-state index contributed by atoms with van der Waals surface area (Å²) in [6.45, 7) is 0.760. The lowest BCUT2D eigenvalue weighted by atomic mass is 10.2. The van der Waals surface area contributed by atoms with E-state index < -0.39 is 0 Å². The van der Waals surface area contributed by atoms with Crippen molar-refractivity contribution in [3.8, 4) is 5.75 Å². The fourth-order valence-corrected chi connectivity index (χ4v) is 2.25. The molecule has 0 atom stereocenters. The van der Waals surface area contributed by atoms with Crippen LogP contribution >= 0.6 is 27.5 Å². The van der Waals surface area contributed by atoms with Gasteiger partial charge >= 0.3 is 0 Å². The third-order valence-corrected chi connectivity index (χ3v) is 3.43. The molecule has 0 aliphatic rings. The Kier molecular flexibility index (Phi) is 4.50. The first-order valence-corrected chi connectivity index (χ1v) is 6.68. The molecule has 4 heteroatoms. The highest BCUT2D eigenvalue weighted by Gasteiger charge is 2.01. The fourth-order valence-electron chi connectivity index (χ4n) is 1.58. The van der Waals surface area contributed by atoms with Gasteiger partial charge in [0.15, 0.2) is 0 Å². The van der Waals surface area contributed by atoms with Gasteiger partial charge in [-0.3, -0.25) is 0 Å². The number of methoxy groups -OCH3 is 1. The highest BCUT2D eigenvalue weighted by atomic mass is 79.9. The molecule has 2 rings (SSSR count). The zero-order valence-electron chi connectivity index (χ0n) is 9.91. The minimum atomic E-state index is 0.756. The van der Waals surface area contributed by atoms with E-state index in [4.69, 9.17) is 16.3 Å². The summed E-state index contributed by atoms with van der Waals surface area (Å²) in [5, 5.41) is 4.10. The molecule has 0 radical (unpaired) electrons. The largest absolute Gasteiger partial charge is 0.496 e. The average Bonchev–Trinajstić information content (AvgIpc) is 2.38. The van der Waals surface area contributed by atoms with Crippen LogP contribution in [0, 0.1) is 0 Å². The Morgan fingerprint density at radius 2 is 1.89 bits per heavy atom. The number of hydrogen-bond acceptors (Lipinski definition) is 2. The lowest BCUT2D eigenvalue weighted by Crippen LogP contribution is -1.99. The maximum absolute atomic E-state index is 5.84. The van der Waals surface area contributed by atoms with Gasteiger partial charge in [0.25, 0.3) is 0 Å². The van der Waals surface area contributed by atoms with Gasteiger partial charge in [-0.25, -0.2) is 0 Å². The monoisotopic (exact) mass is 325 g/mol. The van der Waals surface area contributed by atoms with Crippen molar-refractivity contribution in [3.63, 3.8) is 0 Å². The second-order valence-corrected chi connectivity index (χ2v) is 5.12. The Labute approximate surface area is 120 Å². The summed E-state index contributed by atoms with van der Waals surface area (Å²) in [6, 6.07) is 13.7. The van der Waals surface area contributed by atoms with Crippen molar-refractivity contribution in [1.82, 2.24) is 0 Å². The molecule has 0 heterocycles. The Bertz CT molecular complexity index is 528. The number of rotatable bonds is 4. The minimum Gasteiger partial charge on any atom is -0.496 e. The second-order valence-electron chi connectivity index (χ2n) is 3.83. The molecule has 0 aromatic heterocycles. The van der Waals surface area contributed by atoms with Gasteiger partial charge < -0.3 is 10.1 Å². The number of benzene rings is 2. The standard InChI is InChI=1S/C14H13BrClNO/c1-18-14-7-6-12(8-13(14)15)17-9-10-2-4-11(16)5-3-10/h2-8,17H,9H2,1H3. The van der Waals surface area contributed by atoms with Crippen LogP contribution in [0.25, 0.3) is 0 Å². The molecular weight excluding hydrogens is 314 g/mol. The second kappa shape index (κ2) is 6.12. The van der Waals surface area contributed by atoms with E-state index in [1.54, 1.807) is 7.11 Å². The van der Waals surface area contributed by atoms with Crippen LogP contribution < -0.4 is 10.1 Å². The lowest BCUT2D eigenvalue weighted by molar-refractivity contribution is 0.412. The fraction of sp³-hybridized carbons (Fsp3) is 0.143. The van der Waals surface area contributed by atoms with Crippen molar-refractivity contribution in [3.05, 3.63) is 57.5 Å². The van der Waals surface area contributed by atoms with Crippen molar-refractivity contribution in [1.29, 1.82) is 0 Å². The maximum Gasteiger partial charge on any atom is 0.133 e. The van der Waals surface area contributed by atoms with Crippen LogP contribution in [0.3, 0.4) is 0 Å². The molecule has 2 aromatic carbocycles. The molecule has 0 spiro atoms. The first kappa shape index (κ1) is 13.2. The quantitative estimate of drug-likeness (QED) is 0.877. The molecule has 0 aliphatic carbocycles. The van der Waals surface area contributed by atoms with Crippen molar-refractivity contribution in [2.75, 3.05) is 12.4 Å². The van der Waals surface area contributed by atoms with Crippen LogP contribution in [0.2, 0.25) is 5.02 Å². The van der Waals surface area contributed by atoms with Crippen LogP contribution in [-0.4, -0.2) is 7.11 Å². The molecule has 0 aliphatic heterocycles. The summed E-state index contributed by atoms with van der Waals surface area (Å²) in [6.07, 6.45) is 0. The molecular formula is C14H13BrClNO. The number of hydrogen-bond donors (Lipinski definition) is 1. The molecule has 0 bridgehead atoms. The third kappa shape index (κ3) is 3.40. The summed E-state index contributed by atoms with van der Waals surface area (Å²) in [5.74, 6) is 0.826. The minimum absolute atomic E-state index is 0.756. The molecule has 0 saturated carbocycles. The van der Waals surface area contributed by atoms with E-state index in [1.807, 2.05) is 42.5 Å². The SMILES string of the molecule is COc1ccc(NCc2ccc(Cl)cc2)cc1Br. The molecule has 94 valence electrons. The Morgan fingerprint density at radius 1 is 1.17 bits per heavy atom. The van der Waals surface area contributed by atoms with Crippen LogP contribution in [0.4, 0.5) is 5.69 Å². The summed E-state index contributed by atoms with van der Waals surface area (Å²) < 4.78 is 6.12. The van der Waals surface area contributed by atoms with E-state index >= 15 is 0 Å². The molecule has 18 heavy (non-hydrogen) atoms. The van der Waals surface area contributed by atoms with E-state index in [0.29, 0.717) is 0 Å². The molecule has 0 amide bonds. The number of anilines is 1. The van der Waals surface area contributed by atoms with E-state index in [9.17, 15) is 0 Å². The van der Waals surface area contributed by atoms with Crippen molar-refractivity contribution in [2.45, 2.75) is 6.54 Å². The smallest absolute Gasteiger partial charge is 0.133 e. The highest BCUT2D eigenvalue weighted by Crippen LogP contribution is 2.27. The predicted molar refractivity (Wildman–Crippen MR) is 79.5 cm³/mol. The van der Waals surface area contributed by atoms with Gasteiger partial charge in [-0.15, -0.1) is 0 Å². The molecule has 0 saturated heterocycles. The van der Waals surface area contributed by atoms with E-state index in [1.165, 1.54) is 5.56 Å². The zero-order valence-corrected chi connectivity index (χ0v) is 12.3. The molecule has 1 N–H and O–H groups in total. The van der Waals surface area contributed by atoms with Crippen molar-refractivity contribution >= 4 is 33.2 Å². The van der Waals surface area contributed by atoms with Crippen LogP contribution in [0.5, 0.6) is 5.75 Å². The first-order chi connectivity index (χ1) is 8.69. The Balaban J connectivity index is 2.02. The zero-order chi connectivity index (χ0) is 13.0. The van der Waals surface area contributed by atoms with Gasteiger partial charge in [0.2, 0.25) is 0 Å². The first-order valence-electron chi connectivity index (χ1n) is 5.51. The van der Waals surface area contributed by atoms with Gasteiger partial charge in [0.1, 0.15) is 5.75 Å². The van der Waals surface area contributed by atoms with E-state index in [0.717, 1.165) is 27.5 Å². The Hall–Kier alpha value is -1.19. The van der Waals surface area contributed by atoms with Gasteiger partial charge in [-0.1, -0.05) is 23.7 Å². The van der Waals surface area contributed by atoms with Crippen molar-refractivity contribution < 1.29 is 4.74 Å². The summed E-state index contributed by atoms with van der Waals surface area (Å²) in [7, 11) is 1.65. The van der Waals surface area contributed by atoms with Gasteiger partial charge in [-0.2, -0.15) is 0 Å². The normalized spacial score (nSPS) is 10.2. The summed E-state index contributed by atoms with van der Waals surface area (Å²) in [5.41, 5.74) is 2.23. The molecule has 2 aromatic rings. The maximum atomic E-state index is 5.84. The highest BCUT2D eigenvalue weighted by molar-refractivity contribution is 9.10. The predicted octanol–water partition coefficient (Wildman–Crippen LogP) is 4.72. The number of ether oxygens (including phenoxy) is 1. The lowest BCUT2D eigenvalue weighted by Gasteiger charge is -2.09. The number of nitrogens with one attached hydrogen (secondary N) is 1. The van der Waals surface area contributed by atoms with Gasteiger partial charge in [-0.05, 0) is 51.8 Å². The summed E-state index contributed by atoms with van der Waals surface area (Å²) >= 11 is 9.30. The molecule has 0 unspecified atom stereocenters. The van der Waals surface area contributed by atoms with Crippen LogP contribution in [0.15, 0.2) is 46.9 Å². The van der Waals surface area contributed by atoms with E-state index in [-0.39, 0.29) is 0 Å². The van der Waals surface area contributed by atoms with Crippen molar-refractivity contribution in [2.24, 2.45) is 0 Å². The van der Waals surface area contributed by atoms with E-state index in [2.05, 4.69) is 21.2 Å². The molecule has 2 nitrogen and oxygen atoms in total. The topological polar surface area (TPSA) is 21.3 Å². The Morgan fingerprint density at radius 3 is 2.50 bits per heavy atom. The van der Waals surface area contributed by atoms with Gasteiger partial charge in [0, 0.05) is 17.3 Å². The molecule has 0 fully saturated rings. The van der Waals surface area contributed by atoms with Gasteiger partial charge in [0.05, 0.1) is 11.6 Å². The average molecular weight is 327 g/mol. The van der Waals surface area contributed by atoms with Crippen LogP contribution in [0.1, 0.15) is 5.56 Å². The third-order valence-electron chi connectivity index (χ3n) is 2.56. The summed E-state index contributed by atoms with van der Waals surface area (Å²) in [4.78, 5) is 0. The van der Waals surface area contributed by atoms with Crippen LogP contribution in [-0.2, 0) is 6.54 Å². The number of halogens is 2.